The first-order valence-corrected chi connectivity index (χ1v) is 11.4. The Morgan fingerprint density at radius 3 is 2.59 bits per heavy atom. The van der Waals surface area contributed by atoms with Crippen LogP contribution >= 0.6 is 21.6 Å². The number of amides is 2. The zero-order chi connectivity index (χ0) is 20.0. The number of benzene rings is 1. The van der Waals surface area contributed by atoms with E-state index in [1.165, 1.54) is 4.90 Å². The van der Waals surface area contributed by atoms with Gasteiger partial charge in [-0.05, 0) is 26.0 Å². The van der Waals surface area contributed by atoms with E-state index in [2.05, 4.69) is 5.32 Å². The van der Waals surface area contributed by atoms with E-state index in [1.807, 2.05) is 19.9 Å². The summed E-state index contributed by atoms with van der Waals surface area (Å²) in [7, 11) is 3.14. The second kappa shape index (κ2) is 9.50. The van der Waals surface area contributed by atoms with Crippen molar-refractivity contribution in [1.82, 2.24) is 5.32 Å². The van der Waals surface area contributed by atoms with E-state index in [1.54, 1.807) is 59.7 Å². The first-order chi connectivity index (χ1) is 12.8. The lowest BCUT2D eigenvalue weighted by Crippen LogP contribution is -2.57. The predicted octanol–water partition coefficient (Wildman–Crippen LogP) is 2.88. The molecule has 1 unspecified atom stereocenters. The zero-order valence-corrected chi connectivity index (χ0v) is 17.7. The summed E-state index contributed by atoms with van der Waals surface area (Å²) >= 11 is 0. The van der Waals surface area contributed by atoms with Gasteiger partial charge < -0.3 is 10.1 Å². The Hall–Kier alpha value is -1.67. The van der Waals surface area contributed by atoms with Crippen LogP contribution in [0.25, 0.3) is 0 Å². The second-order valence-electron chi connectivity index (χ2n) is 6.93. The highest BCUT2D eigenvalue weighted by Gasteiger charge is 2.38. The van der Waals surface area contributed by atoms with Crippen molar-refractivity contribution in [2.75, 3.05) is 23.0 Å². The average Bonchev–Trinajstić information content (AvgIpc) is 2.64. The van der Waals surface area contributed by atoms with Crippen LogP contribution in [0.2, 0.25) is 0 Å². The van der Waals surface area contributed by atoms with Crippen molar-refractivity contribution in [2.45, 2.75) is 39.8 Å². The molecule has 0 saturated carbocycles. The van der Waals surface area contributed by atoms with Crippen molar-refractivity contribution in [3.63, 3.8) is 0 Å². The van der Waals surface area contributed by atoms with Crippen LogP contribution in [0.15, 0.2) is 30.3 Å². The van der Waals surface area contributed by atoms with Gasteiger partial charge in [0.2, 0.25) is 5.91 Å². The summed E-state index contributed by atoms with van der Waals surface area (Å²) in [5, 5.41) is 2.87. The zero-order valence-electron chi connectivity index (χ0n) is 16.1. The highest BCUT2D eigenvalue weighted by molar-refractivity contribution is 8.76. The van der Waals surface area contributed by atoms with Crippen LogP contribution in [-0.4, -0.2) is 48.0 Å². The first-order valence-electron chi connectivity index (χ1n) is 8.88. The molecule has 0 spiro atoms. The molecule has 2 rings (SSSR count). The fourth-order valence-electron chi connectivity index (χ4n) is 2.57. The average molecular weight is 411 g/mol. The number of rotatable bonds is 5. The number of ether oxygens (including phenoxy) is 1. The van der Waals surface area contributed by atoms with Crippen LogP contribution in [0.5, 0.6) is 0 Å². The van der Waals surface area contributed by atoms with Crippen molar-refractivity contribution in [1.29, 1.82) is 0 Å². The number of nitrogens with zero attached hydrogens (tertiary/aromatic N) is 1. The minimum Gasteiger partial charge on any atom is -0.464 e. The van der Waals surface area contributed by atoms with Crippen LogP contribution < -0.4 is 10.2 Å². The summed E-state index contributed by atoms with van der Waals surface area (Å²) in [6.07, 6.45) is 0. The molecule has 1 N–H and O–H groups in total. The van der Waals surface area contributed by atoms with E-state index in [0.29, 0.717) is 17.2 Å². The molecule has 27 heavy (non-hydrogen) atoms. The van der Waals surface area contributed by atoms with Gasteiger partial charge in [0.1, 0.15) is 12.1 Å². The molecule has 1 saturated heterocycles. The Morgan fingerprint density at radius 1 is 1.30 bits per heavy atom. The number of nitrogens with one attached hydrogen (secondary N) is 1. The normalized spacial score (nSPS) is 20.6. The lowest BCUT2D eigenvalue weighted by Gasteiger charge is -2.34. The van der Waals surface area contributed by atoms with Crippen LogP contribution in [-0.2, 0) is 19.1 Å². The van der Waals surface area contributed by atoms with E-state index in [-0.39, 0.29) is 18.4 Å². The molecule has 1 fully saturated rings. The Kier molecular flexibility index (Phi) is 7.61. The van der Waals surface area contributed by atoms with Gasteiger partial charge in [-0.1, -0.05) is 53.6 Å². The number of anilines is 1. The standard InChI is InChI=1S/C19H26N2O4S2/c1-5-25-17(23)13(2)21(14-9-7-6-8-10-14)16(22)15-11-26-27-12-19(3,4)18(24)20-15/h6-10,13,15H,5,11-12H2,1-4H3,(H,20,24)/t13-,15?/m0/s1. The molecule has 1 aromatic rings. The van der Waals surface area contributed by atoms with Crippen molar-refractivity contribution < 1.29 is 19.1 Å². The third kappa shape index (κ3) is 5.42. The molecule has 1 aliphatic heterocycles. The molecular formula is C19H26N2O4S2. The summed E-state index contributed by atoms with van der Waals surface area (Å²) < 4.78 is 5.11. The highest BCUT2D eigenvalue weighted by atomic mass is 33.1. The van der Waals surface area contributed by atoms with Crippen molar-refractivity contribution in [3.8, 4) is 0 Å². The number of carbonyl (C=O) groups excluding carboxylic acids is 3. The maximum absolute atomic E-state index is 13.4. The quantitative estimate of drug-likeness (QED) is 0.594. The highest BCUT2D eigenvalue weighted by Crippen LogP contribution is 2.33. The fraction of sp³-hybridized carbons (Fsp3) is 0.526. The summed E-state index contributed by atoms with van der Waals surface area (Å²) in [6.45, 7) is 7.32. The van der Waals surface area contributed by atoms with Gasteiger partial charge in [0.25, 0.3) is 5.91 Å². The van der Waals surface area contributed by atoms with E-state index >= 15 is 0 Å². The van der Waals surface area contributed by atoms with E-state index in [4.69, 9.17) is 4.74 Å². The molecule has 8 heteroatoms. The maximum atomic E-state index is 13.4. The minimum atomic E-state index is -0.798. The smallest absolute Gasteiger partial charge is 0.328 e. The lowest BCUT2D eigenvalue weighted by molar-refractivity contribution is -0.145. The Labute approximate surface area is 168 Å². The molecule has 0 aliphatic carbocycles. The topological polar surface area (TPSA) is 75.7 Å². The Balaban J connectivity index is 2.32. The lowest BCUT2D eigenvalue weighted by atomic mass is 9.94. The van der Waals surface area contributed by atoms with Gasteiger partial charge >= 0.3 is 5.97 Å². The molecule has 148 valence electrons. The van der Waals surface area contributed by atoms with Crippen LogP contribution in [0, 0.1) is 5.41 Å². The van der Waals surface area contributed by atoms with E-state index in [9.17, 15) is 14.4 Å². The fourth-order valence-corrected chi connectivity index (χ4v) is 5.36. The summed E-state index contributed by atoms with van der Waals surface area (Å²) in [5.74, 6) is 0.150. The third-order valence-electron chi connectivity index (χ3n) is 4.24. The Bertz CT molecular complexity index is 682. The van der Waals surface area contributed by atoms with Gasteiger partial charge in [0.05, 0.1) is 12.0 Å². The minimum absolute atomic E-state index is 0.162. The van der Waals surface area contributed by atoms with Gasteiger partial charge in [-0.25, -0.2) is 4.79 Å². The molecule has 1 aliphatic rings. The summed E-state index contributed by atoms with van der Waals surface area (Å²) in [6, 6.07) is 7.47. The molecule has 1 heterocycles. The number of hydrogen-bond donors (Lipinski definition) is 1. The predicted molar refractivity (Wildman–Crippen MR) is 111 cm³/mol. The van der Waals surface area contributed by atoms with Crippen LogP contribution in [0.1, 0.15) is 27.7 Å². The molecular weight excluding hydrogens is 384 g/mol. The molecule has 2 amide bonds. The molecule has 0 aromatic heterocycles. The van der Waals surface area contributed by atoms with E-state index in [0.717, 1.165) is 0 Å². The molecule has 6 nitrogen and oxygen atoms in total. The number of esters is 1. The van der Waals surface area contributed by atoms with Gasteiger partial charge in [0.15, 0.2) is 0 Å². The van der Waals surface area contributed by atoms with Gasteiger partial charge in [-0.2, -0.15) is 0 Å². The number of carbonyl (C=O) groups is 3. The number of para-hydroxylation sites is 1. The number of hydrogen-bond acceptors (Lipinski definition) is 6. The Morgan fingerprint density at radius 2 is 1.96 bits per heavy atom. The molecule has 1 aromatic carbocycles. The third-order valence-corrected chi connectivity index (χ3v) is 6.98. The summed E-state index contributed by atoms with van der Waals surface area (Å²) in [5.41, 5.74) is 0.0253. The summed E-state index contributed by atoms with van der Waals surface area (Å²) in [4.78, 5) is 39.7. The molecule has 0 radical (unpaired) electrons. The van der Waals surface area contributed by atoms with Crippen LogP contribution in [0.3, 0.4) is 0 Å². The van der Waals surface area contributed by atoms with Gasteiger partial charge in [-0.15, -0.1) is 0 Å². The van der Waals surface area contributed by atoms with Crippen molar-refractivity contribution in [2.24, 2.45) is 5.41 Å². The largest absolute Gasteiger partial charge is 0.464 e. The van der Waals surface area contributed by atoms with Crippen molar-refractivity contribution in [3.05, 3.63) is 30.3 Å². The van der Waals surface area contributed by atoms with Gasteiger partial charge in [-0.3, -0.25) is 14.5 Å². The SMILES string of the molecule is CCOC(=O)[C@H](C)N(C(=O)C1CSSCC(C)(C)C(=O)N1)c1ccccc1. The van der Waals surface area contributed by atoms with Gasteiger partial charge in [0, 0.05) is 17.2 Å². The first kappa shape index (κ1) is 21.6. The monoisotopic (exact) mass is 410 g/mol. The van der Waals surface area contributed by atoms with Crippen LogP contribution in [0.4, 0.5) is 5.69 Å². The molecule has 0 bridgehead atoms. The van der Waals surface area contributed by atoms with Crippen molar-refractivity contribution >= 4 is 45.1 Å². The van der Waals surface area contributed by atoms with E-state index < -0.39 is 23.5 Å². The maximum Gasteiger partial charge on any atom is 0.328 e. The second-order valence-corrected chi connectivity index (χ2v) is 9.44. The molecule has 2 atom stereocenters.